The molecule has 2 aliphatic heterocycles. The lowest BCUT2D eigenvalue weighted by molar-refractivity contribution is 0.0195. The standard InChI is InChI=1S/C22H35N3O3/c1-23(11-12-24-9-3-2-4-10-24)19-20-5-7-21(8-6-20)22(26)28-18-15-25-13-16-27-17-14-25/h5-8H,2-4,9-19H2,1H3. The molecule has 6 nitrogen and oxygen atoms in total. The molecule has 156 valence electrons. The number of benzene rings is 1. The van der Waals surface area contributed by atoms with Gasteiger partial charge in [0.25, 0.3) is 0 Å². The van der Waals surface area contributed by atoms with Crippen LogP contribution in [-0.4, -0.2) is 93.4 Å². The molecule has 6 heteroatoms. The Labute approximate surface area is 169 Å². The highest BCUT2D eigenvalue weighted by Crippen LogP contribution is 2.10. The average molecular weight is 390 g/mol. The van der Waals surface area contributed by atoms with E-state index in [4.69, 9.17) is 9.47 Å². The topological polar surface area (TPSA) is 45.2 Å². The summed E-state index contributed by atoms with van der Waals surface area (Å²) in [5.74, 6) is -0.238. The molecule has 1 aromatic carbocycles. The van der Waals surface area contributed by atoms with Gasteiger partial charge < -0.3 is 19.3 Å². The summed E-state index contributed by atoms with van der Waals surface area (Å²) in [6.07, 6.45) is 4.07. The number of likely N-dealkylation sites (N-methyl/N-ethyl adjacent to an activating group) is 1. The lowest BCUT2D eigenvalue weighted by Crippen LogP contribution is -2.38. The van der Waals surface area contributed by atoms with Gasteiger partial charge in [-0.3, -0.25) is 4.90 Å². The first-order valence-electron chi connectivity index (χ1n) is 10.7. The minimum Gasteiger partial charge on any atom is -0.461 e. The van der Waals surface area contributed by atoms with E-state index in [1.165, 1.54) is 37.9 Å². The van der Waals surface area contributed by atoms with Gasteiger partial charge in [0.1, 0.15) is 6.61 Å². The molecular formula is C22H35N3O3. The molecule has 0 atom stereocenters. The molecule has 2 heterocycles. The first-order chi connectivity index (χ1) is 13.7. The predicted octanol–water partition coefficient (Wildman–Crippen LogP) is 2.09. The van der Waals surface area contributed by atoms with Crippen LogP contribution in [0.4, 0.5) is 0 Å². The highest BCUT2D eigenvalue weighted by atomic mass is 16.5. The third kappa shape index (κ3) is 7.17. The van der Waals surface area contributed by atoms with Gasteiger partial charge in [0.15, 0.2) is 0 Å². The Hall–Kier alpha value is -1.47. The van der Waals surface area contributed by atoms with Gasteiger partial charge in [-0.1, -0.05) is 18.6 Å². The van der Waals surface area contributed by atoms with Crippen LogP contribution in [0.5, 0.6) is 0 Å². The second-order valence-electron chi connectivity index (χ2n) is 7.93. The number of rotatable bonds is 9. The van der Waals surface area contributed by atoms with Gasteiger partial charge in [-0.05, 0) is 50.7 Å². The van der Waals surface area contributed by atoms with Gasteiger partial charge in [0.05, 0.1) is 18.8 Å². The first-order valence-corrected chi connectivity index (χ1v) is 10.7. The molecule has 28 heavy (non-hydrogen) atoms. The summed E-state index contributed by atoms with van der Waals surface area (Å²) in [4.78, 5) is 19.4. The zero-order valence-electron chi connectivity index (χ0n) is 17.3. The van der Waals surface area contributed by atoms with E-state index in [0.29, 0.717) is 12.2 Å². The van der Waals surface area contributed by atoms with Crippen molar-refractivity contribution in [1.29, 1.82) is 0 Å². The number of hydrogen-bond donors (Lipinski definition) is 0. The van der Waals surface area contributed by atoms with Crippen LogP contribution < -0.4 is 0 Å². The molecule has 0 unspecified atom stereocenters. The number of ether oxygens (including phenoxy) is 2. The lowest BCUT2D eigenvalue weighted by atomic mass is 10.1. The second kappa shape index (κ2) is 11.5. The van der Waals surface area contributed by atoms with Crippen molar-refractivity contribution in [2.75, 3.05) is 72.7 Å². The van der Waals surface area contributed by atoms with Gasteiger partial charge in [-0.25, -0.2) is 4.79 Å². The fourth-order valence-corrected chi connectivity index (χ4v) is 3.81. The van der Waals surface area contributed by atoms with Crippen molar-refractivity contribution in [3.8, 4) is 0 Å². The number of likely N-dealkylation sites (tertiary alicyclic amines) is 1. The van der Waals surface area contributed by atoms with E-state index in [2.05, 4.69) is 21.7 Å². The summed E-state index contributed by atoms with van der Waals surface area (Å²) in [5.41, 5.74) is 1.85. The Bertz CT molecular complexity index is 581. The monoisotopic (exact) mass is 389 g/mol. The van der Waals surface area contributed by atoms with Crippen LogP contribution in [0.3, 0.4) is 0 Å². The molecular weight excluding hydrogens is 354 g/mol. The third-order valence-electron chi connectivity index (χ3n) is 5.63. The number of esters is 1. The van der Waals surface area contributed by atoms with E-state index in [-0.39, 0.29) is 5.97 Å². The Morgan fingerprint density at radius 2 is 1.68 bits per heavy atom. The zero-order chi connectivity index (χ0) is 19.6. The number of morpholine rings is 1. The first kappa shape index (κ1) is 21.2. The maximum absolute atomic E-state index is 12.2. The van der Waals surface area contributed by atoms with Crippen LogP contribution in [0, 0.1) is 0 Å². The van der Waals surface area contributed by atoms with Crippen molar-refractivity contribution in [1.82, 2.24) is 14.7 Å². The maximum atomic E-state index is 12.2. The van der Waals surface area contributed by atoms with Crippen LogP contribution in [-0.2, 0) is 16.0 Å². The zero-order valence-corrected chi connectivity index (χ0v) is 17.3. The van der Waals surface area contributed by atoms with E-state index in [1.807, 2.05) is 24.3 Å². The molecule has 0 amide bonds. The van der Waals surface area contributed by atoms with Crippen LogP contribution in [0.25, 0.3) is 0 Å². The number of carbonyl (C=O) groups excluding carboxylic acids is 1. The predicted molar refractivity (Wildman–Crippen MR) is 111 cm³/mol. The highest BCUT2D eigenvalue weighted by Gasteiger charge is 2.13. The molecule has 1 aromatic rings. The SMILES string of the molecule is CN(CCN1CCCCC1)Cc1ccc(C(=O)OCCN2CCOCC2)cc1. The van der Waals surface area contributed by atoms with Crippen molar-refractivity contribution in [3.63, 3.8) is 0 Å². The molecule has 2 aliphatic rings. The molecule has 2 fully saturated rings. The second-order valence-corrected chi connectivity index (χ2v) is 7.93. The smallest absolute Gasteiger partial charge is 0.338 e. The summed E-state index contributed by atoms with van der Waals surface area (Å²) >= 11 is 0. The Morgan fingerprint density at radius 1 is 1.00 bits per heavy atom. The molecule has 3 rings (SSSR count). The molecule has 0 aromatic heterocycles. The molecule has 0 N–H and O–H groups in total. The normalized spacial score (nSPS) is 19.1. The average Bonchev–Trinajstić information content (AvgIpc) is 2.74. The lowest BCUT2D eigenvalue weighted by Gasteiger charge is -2.28. The molecule has 0 saturated carbocycles. The van der Waals surface area contributed by atoms with Gasteiger partial charge >= 0.3 is 5.97 Å². The van der Waals surface area contributed by atoms with E-state index in [1.54, 1.807) is 0 Å². The number of carbonyl (C=O) groups is 1. The van der Waals surface area contributed by atoms with Crippen LogP contribution >= 0.6 is 0 Å². The van der Waals surface area contributed by atoms with Crippen molar-refractivity contribution in [3.05, 3.63) is 35.4 Å². The molecule has 2 saturated heterocycles. The van der Waals surface area contributed by atoms with Crippen LogP contribution in [0.1, 0.15) is 35.2 Å². The third-order valence-corrected chi connectivity index (χ3v) is 5.63. The van der Waals surface area contributed by atoms with E-state index < -0.39 is 0 Å². The van der Waals surface area contributed by atoms with E-state index in [0.717, 1.165) is 52.5 Å². The van der Waals surface area contributed by atoms with E-state index >= 15 is 0 Å². The Morgan fingerprint density at radius 3 is 2.39 bits per heavy atom. The fourth-order valence-electron chi connectivity index (χ4n) is 3.81. The van der Waals surface area contributed by atoms with Gasteiger partial charge in [0, 0.05) is 39.3 Å². The highest BCUT2D eigenvalue weighted by molar-refractivity contribution is 5.89. The number of hydrogen-bond acceptors (Lipinski definition) is 6. The summed E-state index contributed by atoms with van der Waals surface area (Å²) in [6, 6.07) is 7.83. The van der Waals surface area contributed by atoms with Crippen molar-refractivity contribution in [2.24, 2.45) is 0 Å². The van der Waals surface area contributed by atoms with Crippen LogP contribution in [0.15, 0.2) is 24.3 Å². The van der Waals surface area contributed by atoms with Crippen molar-refractivity contribution in [2.45, 2.75) is 25.8 Å². The maximum Gasteiger partial charge on any atom is 0.338 e. The van der Waals surface area contributed by atoms with Gasteiger partial charge in [0.2, 0.25) is 0 Å². The van der Waals surface area contributed by atoms with Gasteiger partial charge in [-0.15, -0.1) is 0 Å². The summed E-state index contributed by atoms with van der Waals surface area (Å²) < 4.78 is 10.7. The minimum absolute atomic E-state index is 0.238. The largest absolute Gasteiger partial charge is 0.461 e. The Balaban J connectivity index is 1.35. The van der Waals surface area contributed by atoms with Gasteiger partial charge in [-0.2, -0.15) is 0 Å². The quantitative estimate of drug-likeness (QED) is 0.603. The molecule has 0 bridgehead atoms. The summed E-state index contributed by atoms with van der Waals surface area (Å²) in [6.45, 7) is 10.2. The molecule has 0 radical (unpaired) electrons. The molecule has 0 aliphatic carbocycles. The fraction of sp³-hybridized carbons (Fsp3) is 0.682. The molecule has 0 spiro atoms. The van der Waals surface area contributed by atoms with Crippen molar-refractivity contribution >= 4 is 5.97 Å². The Kier molecular flexibility index (Phi) is 8.73. The number of piperidine rings is 1. The number of nitrogens with zero attached hydrogens (tertiary/aromatic N) is 3. The van der Waals surface area contributed by atoms with Crippen molar-refractivity contribution < 1.29 is 14.3 Å². The van der Waals surface area contributed by atoms with Crippen LogP contribution in [0.2, 0.25) is 0 Å². The van der Waals surface area contributed by atoms with E-state index in [9.17, 15) is 4.79 Å². The summed E-state index contributed by atoms with van der Waals surface area (Å²) in [7, 11) is 2.16. The summed E-state index contributed by atoms with van der Waals surface area (Å²) in [5, 5.41) is 0. The minimum atomic E-state index is -0.238.